The second-order valence-electron chi connectivity index (χ2n) is 3.66. The molecular formula is C9H21N3O. The molecule has 1 atom stereocenters. The van der Waals surface area contributed by atoms with E-state index in [1.54, 1.807) is 0 Å². The number of nitrogens with zero attached hydrogens (tertiary/aromatic N) is 1. The summed E-state index contributed by atoms with van der Waals surface area (Å²) in [5.74, 6) is -0.306. The second-order valence-corrected chi connectivity index (χ2v) is 3.66. The predicted octanol–water partition coefficient (Wildman–Crippen LogP) is -0.351. The van der Waals surface area contributed by atoms with E-state index in [0.717, 1.165) is 19.5 Å². The molecule has 0 aromatic rings. The van der Waals surface area contributed by atoms with Gasteiger partial charge in [0.1, 0.15) is 0 Å². The van der Waals surface area contributed by atoms with Gasteiger partial charge in [-0.05, 0) is 33.6 Å². The molecule has 0 heterocycles. The van der Waals surface area contributed by atoms with Crippen molar-refractivity contribution in [3.8, 4) is 0 Å². The quantitative estimate of drug-likeness (QED) is 0.536. The Labute approximate surface area is 80.5 Å². The van der Waals surface area contributed by atoms with Gasteiger partial charge in [0.05, 0.1) is 0 Å². The molecule has 1 unspecified atom stereocenters. The van der Waals surface area contributed by atoms with Gasteiger partial charge >= 0.3 is 0 Å². The zero-order valence-corrected chi connectivity index (χ0v) is 8.84. The first-order valence-electron chi connectivity index (χ1n) is 4.68. The molecule has 0 saturated carbocycles. The topological polar surface area (TPSA) is 58.4 Å². The van der Waals surface area contributed by atoms with E-state index in [1.165, 1.54) is 0 Å². The predicted molar refractivity (Wildman–Crippen MR) is 54.4 cm³/mol. The van der Waals surface area contributed by atoms with Crippen molar-refractivity contribution >= 4 is 5.91 Å². The minimum atomic E-state index is -0.236. The van der Waals surface area contributed by atoms with Crippen LogP contribution in [0.2, 0.25) is 0 Å². The van der Waals surface area contributed by atoms with Crippen LogP contribution >= 0.6 is 0 Å². The van der Waals surface area contributed by atoms with E-state index >= 15 is 0 Å². The average Bonchev–Trinajstić information content (AvgIpc) is 2.02. The van der Waals surface area contributed by atoms with Gasteiger partial charge in [-0.1, -0.05) is 6.92 Å². The molecular weight excluding hydrogens is 166 g/mol. The molecule has 4 nitrogen and oxygen atoms in total. The maximum Gasteiger partial charge on any atom is 0.221 e. The minimum Gasteiger partial charge on any atom is -0.369 e. The van der Waals surface area contributed by atoms with Crippen LogP contribution in [0, 0.1) is 5.92 Å². The van der Waals surface area contributed by atoms with E-state index in [9.17, 15) is 4.79 Å². The van der Waals surface area contributed by atoms with Crippen molar-refractivity contribution in [1.82, 2.24) is 10.2 Å². The molecule has 0 spiro atoms. The Kier molecular flexibility index (Phi) is 6.54. The van der Waals surface area contributed by atoms with Crippen LogP contribution in [0.3, 0.4) is 0 Å². The molecule has 0 rings (SSSR count). The van der Waals surface area contributed by atoms with Crippen LogP contribution in [0.15, 0.2) is 0 Å². The maximum atomic E-state index is 10.6. The van der Waals surface area contributed by atoms with Gasteiger partial charge in [0.2, 0.25) is 5.91 Å². The zero-order chi connectivity index (χ0) is 10.3. The third-order valence-electron chi connectivity index (χ3n) is 1.90. The Balaban J connectivity index is 3.21. The molecule has 4 heteroatoms. The fraction of sp³-hybridized carbons (Fsp3) is 0.889. The summed E-state index contributed by atoms with van der Waals surface area (Å²) >= 11 is 0. The summed E-state index contributed by atoms with van der Waals surface area (Å²) in [5, 5.41) is 3.19. The van der Waals surface area contributed by atoms with Crippen LogP contribution < -0.4 is 11.1 Å². The molecule has 0 aliphatic carbocycles. The van der Waals surface area contributed by atoms with E-state index in [4.69, 9.17) is 5.73 Å². The third-order valence-corrected chi connectivity index (χ3v) is 1.90. The van der Waals surface area contributed by atoms with Gasteiger partial charge in [0, 0.05) is 12.5 Å². The van der Waals surface area contributed by atoms with Gasteiger partial charge in [-0.15, -0.1) is 0 Å². The van der Waals surface area contributed by atoms with Crippen LogP contribution in [0.4, 0.5) is 0 Å². The summed E-state index contributed by atoms with van der Waals surface area (Å²) in [4.78, 5) is 12.8. The molecule has 0 radical (unpaired) electrons. The molecule has 0 aromatic heterocycles. The van der Waals surface area contributed by atoms with Crippen LogP contribution in [0.5, 0.6) is 0 Å². The van der Waals surface area contributed by atoms with Gasteiger partial charge < -0.3 is 16.0 Å². The molecule has 0 saturated heterocycles. The molecule has 0 aliphatic heterocycles. The highest BCUT2D eigenvalue weighted by Crippen LogP contribution is 1.89. The fourth-order valence-corrected chi connectivity index (χ4v) is 0.939. The number of hydrogen-bond acceptors (Lipinski definition) is 3. The van der Waals surface area contributed by atoms with Crippen LogP contribution in [0.1, 0.15) is 13.3 Å². The third kappa shape index (κ3) is 7.74. The van der Waals surface area contributed by atoms with E-state index in [0.29, 0.717) is 6.54 Å². The van der Waals surface area contributed by atoms with Gasteiger partial charge in [-0.3, -0.25) is 4.79 Å². The number of nitrogens with one attached hydrogen (secondary N) is 1. The monoisotopic (exact) mass is 187 g/mol. The van der Waals surface area contributed by atoms with Crippen molar-refractivity contribution in [2.24, 2.45) is 11.7 Å². The van der Waals surface area contributed by atoms with Crippen LogP contribution in [-0.4, -0.2) is 44.5 Å². The standard InChI is InChI=1S/C9H21N3O/c1-8(9(10)13)7-11-5-4-6-12(2)3/h8,11H,4-7H2,1-3H3,(H2,10,13). The molecule has 13 heavy (non-hydrogen) atoms. The second kappa shape index (κ2) is 6.86. The van der Waals surface area contributed by atoms with Crippen molar-refractivity contribution in [2.75, 3.05) is 33.7 Å². The van der Waals surface area contributed by atoms with E-state index < -0.39 is 0 Å². The smallest absolute Gasteiger partial charge is 0.221 e. The Morgan fingerprint density at radius 3 is 2.62 bits per heavy atom. The molecule has 78 valence electrons. The Bertz CT molecular complexity index is 148. The Hall–Kier alpha value is -0.610. The highest BCUT2D eigenvalue weighted by molar-refractivity contribution is 5.76. The lowest BCUT2D eigenvalue weighted by atomic mass is 10.2. The van der Waals surface area contributed by atoms with Crippen LogP contribution in [0.25, 0.3) is 0 Å². The van der Waals surface area contributed by atoms with E-state index in [2.05, 4.69) is 10.2 Å². The first-order valence-corrected chi connectivity index (χ1v) is 4.68. The van der Waals surface area contributed by atoms with E-state index in [1.807, 2.05) is 21.0 Å². The molecule has 0 aliphatic rings. The fourth-order valence-electron chi connectivity index (χ4n) is 0.939. The summed E-state index contributed by atoms with van der Waals surface area (Å²) < 4.78 is 0. The molecule has 0 bridgehead atoms. The highest BCUT2D eigenvalue weighted by Gasteiger charge is 2.06. The van der Waals surface area contributed by atoms with Gasteiger partial charge in [-0.2, -0.15) is 0 Å². The summed E-state index contributed by atoms with van der Waals surface area (Å²) in [7, 11) is 4.10. The number of rotatable bonds is 7. The summed E-state index contributed by atoms with van der Waals surface area (Å²) in [6.45, 7) is 4.53. The molecule has 1 amide bonds. The van der Waals surface area contributed by atoms with Crippen molar-refractivity contribution in [3.05, 3.63) is 0 Å². The zero-order valence-electron chi connectivity index (χ0n) is 8.84. The van der Waals surface area contributed by atoms with Crippen LogP contribution in [-0.2, 0) is 4.79 Å². The number of amides is 1. The summed E-state index contributed by atoms with van der Waals surface area (Å²) in [6.07, 6.45) is 1.10. The number of carbonyl (C=O) groups is 1. The first-order chi connectivity index (χ1) is 6.04. The molecule has 0 fully saturated rings. The lowest BCUT2D eigenvalue weighted by Gasteiger charge is -2.11. The number of primary amides is 1. The number of hydrogen-bond donors (Lipinski definition) is 2. The molecule has 3 N–H and O–H groups in total. The minimum absolute atomic E-state index is 0.0700. The first kappa shape index (κ1) is 12.4. The van der Waals surface area contributed by atoms with Gasteiger partial charge in [0.15, 0.2) is 0 Å². The number of nitrogens with two attached hydrogens (primary N) is 1. The SMILES string of the molecule is CC(CNCCCN(C)C)C(N)=O. The summed E-state index contributed by atoms with van der Waals surface area (Å²) in [6, 6.07) is 0. The normalized spacial score (nSPS) is 13.2. The Morgan fingerprint density at radius 2 is 2.15 bits per heavy atom. The van der Waals surface area contributed by atoms with Crippen molar-refractivity contribution in [3.63, 3.8) is 0 Å². The maximum absolute atomic E-state index is 10.6. The molecule has 0 aromatic carbocycles. The Morgan fingerprint density at radius 1 is 1.54 bits per heavy atom. The average molecular weight is 187 g/mol. The van der Waals surface area contributed by atoms with Crippen molar-refractivity contribution in [2.45, 2.75) is 13.3 Å². The lowest BCUT2D eigenvalue weighted by Crippen LogP contribution is -2.32. The highest BCUT2D eigenvalue weighted by atomic mass is 16.1. The van der Waals surface area contributed by atoms with E-state index in [-0.39, 0.29) is 11.8 Å². The van der Waals surface area contributed by atoms with Crippen molar-refractivity contribution in [1.29, 1.82) is 0 Å². The lowest BCUT2D eigenvalue weighted by molar-refractivity contribution is -0.121. The number of carbonyl (C=O) groups excluding carboxylic acids is 1. The summed E-state index contributed by atoms with van der Waals surface area (Å²) in [5.41, 5.74) is 5.11. The van der Waals surface area contributed by atoms with Crippen molar-refractivity contribution < 1.29 is 4.79 Å². The largest absolute Gasteiger partial charge is 0.369 e. The van der Waals surface area contributed by atoms with Gasteiger partial charge in [-0.25, -0.2) is 0 Å². The van der Waals surface area contributed by atoms with Gasteiger partial charge in [0.25, 0.3) is 0 Å².